The van der Waals surface area contributed by atoms with E-state index in [1.807, 2.05) is 37.2 Å². The van der Waals surface area contributed by atoms with E-state index >= 15 is 0 Å². The number of sulfonamides is 1. The number of rotatable bonds is 9. The van der Waals surface area contributed by atoms with Crippen LogP contribution in [0.15, 0.2) is 52.6 Å². The molecule has 1 aliphatic heterocycles. The lowest BCUT2D eigenvalue weighted by atomic mass is 10.1. The third-order valence-corrected chi connectivity index (χ3v) is 8.95. The van der Waals surface area contributed by atoms with Gasteiger partial charge in [-0.1, -0.05) is 24.3 Å². The maximum Gasteiger partial charge on any atom is 0.241 e. The molecule has 5 rings (SSSR count). The van der Waals surface area contributed by atoms with Crippen LogP contribution in [0, 0.1) is 0 Å². The van der Waals surface area contributed by atoms with E-state index in [2.05, 4.69) is 19.7 Å². The standard InChI is InChI=1S/C24H29N7O6S2/c1-30(2)15-7-3-6-14-13(15)5-4-8-17(14)39(35,36)27-9-10-38-22-18-21(28-24(25)29-22)31(12-26-18)23-20(34)19(33)16(11-32)37-23/h3-8,12,16,19-20,23,27,32-34H,9-11H2,1-2H3,(H2,25,28,29). The van der Waals surface area contributed by atoms with Crippen LogP contribution in [0.2, 0.25) is 0 Å². The zero-order valence-corrected chi connectivity index (χ0v) is 22.8. The molecule has 39 heavy (non-hydrogen) atoms. The Morgan fingerprint density at radius 3 is 2.59 bits per heavy atom. The van der Waals surface area contributed by atoms with Gasteiger partial charge in [-0.25, -0.2) is 23.1 Å². The largest absolute Gasteiger partial charge is 0.394 e. The van der Waals surface area contributed by atoms with Gasteiger partial charge in [-0.15, -0.1) is 11.8 Å². The van der Waals surface area contributed by atoms with Gasteiger partial charge in [0.25, 0.3) is 0 Å². The number of thioether (sulfide) groups is 1. The summed E-state index contributed by atoms with van der Waals surface area (Å²) in [5.41, 5.74) is 7.48. The van der Waals surface area contributed by atoms with Gasteiger partial charge < -0.3 is 30.7 Å². The van der Waals surface area contributed by atoms with Crippen molar-refractivity contribution in [1.29, 1.82) is 0 Å². The van der Waals surface area contributed by atoms with Crippen LogP contribution in [0.3, 0.4) is 0 Å². The molecular formula is C24H29N7O6S2. The molecule has 15 heteroatoms. The molecule has 0 bridgehead atoms. The summed E-state index contributed by atoms with van der Waals surface area (Å²) in [5, 5.41) is 31.8. The fraction of sp³-hybridized carbons (Fsp3) is 0.375. The molecule has 2 aromatic heterocycles. The van der Waals surface area contributed by atoms with Crippen molar-refractivity contribution >= 4 is 55.4 Å². The minimum Gasteiger partial charge on any atom is -0.394 e. The van der Waals surface area contributed by atoms with Gasteiger partial charge in [-0.05, 0) is 12.1 Å². The SMILES string of the molecule is CN(C)c1cccc2c(S(=O)(=O)NCCSc3nc(N)nc4c3ncn4C3OC(CO)C(O)C3O)cccc12. The van der Waals surface area contributed by atoms with Gasteiger partial charge in [0.1, 0.15) is 28.9 Å². The fourth-order valence-corrected chi connectivity index (χ4v) is 6.81. The average molecular weight is 576 g/mol. The van der Waals surface area contributed by atoms with Crippen molar-refractivity contribution in [2.75, 3.05) is 43.6 Å². The lowest BCUT2D eigenvalue weighted by Gasteiger charge is -2.17. The first-order chi connectivity index (χ1) is 18.6. The number of anilines is 2. The molecule has 0 spiro atoms. The van der Waals surface area contributed by atoms with Crippen LogP contribution in [-0.2, 0) is 14.8 Å². The third-order valence-electron chi connectivity index (χ3n) is 6.46. The average Bonchev–Trinajstić information content (AvgIpc) is 3.45. The molecule has 1 saturated heterocycles. The highest BCUT2D eigenvalue weighted by Gasteiger charge is 2.44. The van der Waals surface area contributed by atoms with E-state index in [1.54, 1.807) is 18.2 Å². The van der Waals surface area contributed by atoms with E-state index in [1.165, 1.54) is 22.7 Å². The number of nitrogen functional groups attached to an aromatic ring is 1. The number of aromatic nitrogens is 4. The molecule has 4 unspecified atom stereocenters. The number of aliphatic hydroxyl groups is 3. The summed E-state index contributed by atoms with van der Waals surface area (Å²) in [6.45, 7) is -0.358. The number of ether oxygens (including phenoxy) is 1. The highest BCUT2D eigenvalue weighted by atomic mass is 32.2. The summed E-state index contributed by atoms with van der Waals surface area (Å²) in [6, 6.07) is 10.7. The first kappa shape index (κ1) is 27.5. The molecule has 1 fully saturated rings. The van der Waals surface area contributed by atoms with Crippen molar-refractivity contribution in [3.05, 3.63) is 42.7 Å². The molecule has 4 atom stereocenters. The molecular weight excluding hydrogens is 546 g/mol. The normalized spacial score (nSPS) is 21.7. The van der Waals surface area contributed by atoms with Crippen LogP contribution in [0.4, 0.5) is 11.6 Å². The van der Waals surface area contributed by atoms with Crippen molar-refractivity contribution in [2.45, 2.75) is 34.5 Å². The number of nitrogens with two attached hydrogens (primary N) is 1. The summed E-state index contributed by atoms with van der Waals surface area (Å²) < 4.78 is 36.0. The smallest absolute Gasteiger partial charge is 0.241 e. The van der Waals surface area contributed by atoms with E-state index in [9.17, 15) is 23.7 Å². The summed E-state index contributed by atoms with van der Waals surface area (Å²) in [6.07, 6.45) is -3.21. The lowest BCUT2D eigenvalue weighted by Crippen LogP contribution is -2.33. The molecule has 3 heterocycles. The predicted molar refractivity (Wildman–Crippen MR) is 147 cm³/mol. The summed E-state index contributed by atoms with van der Waals surface area (Å²) in [7, 11) is 0.00435. The van der Waals surface area contributed by atoms with Crippen molar-refractivity contribution in [3.63, 3.8) is 0 Å². The lowest BCUT2D eigenvalue weighted by molar-refractivity contribution is -0.0511. The number of nitrogens with zero attached hydrogens (tertiary/aromatic N) is 5. The number of aliphatic hydroxyl groups excluding tert-OH is 3. The number of fused-ring (bicyclic) bond motifs is 2. The fourth-order valence-electron chi connectivity index (χ4n) is 4.59. The van der Waals surface area contributed by atoms with Crippen LogP contribution in [0.25, 0.3) is 21.9 Å². The van der Waals surface area contributed by atoms with Gasteiger partial charge in [-0.3, -0.25) is 4.57 Å². The van der Waals surface area contributed by atoms with Crippen LogP contribution < -0.4 is 15.4 Å². The van der Waals surface area contributed by atoms with Crippen LogP contribution in [0.1, 0.15) is 6.23 Å². The van der Waals surface area contributed by atoms with Crippen molar-refractivity contribution < 1.29 is 28.5 Å². The van der Waals surface area contributed by atoms with Gasteiger partial charge in [0, 0.05) is 42.9 Å². The Hall–Kier alpha value is -3.05. The van der Waals surface area contributed by atoms with Crippen LogP contribution in [0.5, 0.6) is 0 Å². The van der Waals surface area contributed by atoms with E-state index in [0.717, 1.165) is 11.1 Å². The Morgan fingerprint density at radius 2 is 1.87 bits per heavy atom. The minimum absolute atomic E-state index is 0.0495. The van der Waals surface area contributed by atoms with E-state index in [-0.39, 0.29) is 23.0 Å². The van der Waals surface area contributed by atoms with Gasteiger partial charge in [0.2, 0.25) is 16.0 Å². The highest BCUT2D eigenvalue weighted by Crippen LogP contribution is 2.34. The molecule has 13 nitrogen and oxygen atoms in total. The van der Waals surface area contributed by atoms with Gasteiger partial charge in [-0.2, -0.15) is 4.98 Å². The summed E-state index contributed by atoms with van der Waals surface area (Å²) in [4.78, 5) is 14.9. The molecule has 0 saturated carbocycles. The second kappa shape index (κ2) is 10.8. The number of benzene rings is 2. The molecule has 1 aliphatic rings. The first-order valence-electron chi connectivity index (χ1n) is 12.1. The Bertz CT molecular complexity index is 1610. The molecule has 208 valence electrons. The van der Waals surface area contributed by atoms with Gasteiger partial charge in [0.05, 0.1) is 17.8 Å². The zero-order valence-electron chi connectivity index (χ0n) is 21.2. The van der Waals surface area contributed by atoms with E-state index in [4.69, 9.17) is 10.5 Å². The molecule has 2 aromatic carbocycles. The zero-order chi connectivity index (χ0) is 27.9. The molecule has 0 amide bonds. The van der Waals surface area contributed by atoms with Crippen LogP contribution in [-0.4, -0.2) is 94.6 Å². The van der Waals surface area contributed by atoms with Crippen LogP contribution >= 0.6 is 11.8 Å². The second-order valence-electron chi connectivity index (χ2n) is 9.21. The highest BCUT2D eigenvalue weighted by molar-refractivity contribution is 7.99. The van der Waals surface area contributed by atoms with Crippen molar-refractivity contribution in [2.24, 2.45) is 0 Å². The van der Waals surface area contributed by atoms with Gasteiger partial charge >= 0.3 is 0 Å². The second-order valence-corrected chi connectivity index (χ2v) is 12.0. The maximum atomic E-state index is 13.2. The maximum absolute atomic E-state index is 13.2. The van der Waals surface area contributed by atoms with Crippen molar-refractivity contribution in [1.82, 2.24) is 24.2 Å². The third kappa shape index (κ3) is 5.14. The van der Waals surface area contributed by atoms with Crippen molar-refractivity contribution in [3.8, 4) is 0 Å². The Morgan fingerprint density at radius 1 is 1.13 bits per heavy atom. The minimum atomic E-state index is -3.81. The number of nitrogens with one attached hydrogen (secondary N) is 1. The first-order valence-corrected chi connectivity index (χ1v) is 14.5. The Kier molecular flexibility index (Phi) is 7.65. The summed E-state index contributed by atoms with van der Waals surface area (Å²) >= 11 is 1.24. The molecule has 0 aliphatic carbocycles. The Balaban J connectivity index is 1.32. The van der Waals surface area contributed by atoms with E-state index in [0.29, 0.717) is 21.7 Å². The number of imidazole rings is 1. The Labute approximate surface area is 228 Å². The monoisotopic (exact) mass is 575 g/mol. The number of hydrogen-bond donors (Lipinski definition) is 5. The predicted octanol–water partition coefficient (Wildman–Crippen LogP) is 0.310. The number of hydrogen-bond acceptors (Lipinski definition) is 12. The quantitative estimate of drug-likeness (QED) is 0.104. The molecule has 4 aromatic rings. The topological polar surface area (TPSA) is 189 Å². The molecule has 0 radical (unpaired) electrons. The van der Waals surface area contributed by atoms with E-state index < -0.39 is 41.2 Å². The summed E-state index contributed by atoms with van der Waals surface area (Å²) in [5.74, 6) is 0.269. The van der Waals surface area contributed by atoms with Gasteiger partial charge in [0.15, 0.2) is 11.9 Å². The molecule has 6 N–H and O–H groups in total.